The zero-order chi connectivity index (χ0) is 19.1. The van der Waals surface area contributed by atoms with E-state index in [1.807, 2.05) is 12.1 Å². The minimum Gasteiger partial charge on any atom is -0.372 e. The first-order valence-electron chi connectivity index (χ1n) is 10.6. The lowest BCUT2D eigenvalue weighted by Crippen LogP contribution is -2.35. The Morgan fingerprint density at radius 3 is 2.11 bits per heavy atom. The number of amides is 2. The van der Waals surface area contributed by atoms with Gasteiger partial charge in [-0.2, -0.15) is 0 Å². The van der Waals surface area contributed by atoms with Gasteiger partial charge in [0.1, 0.15) is 0 Å². The van der Waals surface area contributed by atoms with E-state index < -0.39 is 0 Å². The summed E-state index contributed by atoms with van der Waals surface area (Å²) in [7, 11) is 0. The molecule has 1 heterocycles. The van der Waals surface area contributed by atoms with Crippen molar-refractivity contribution >= 4 is 23.2 Å². The molecule has 3 rings (SSSR count). The first-order chi connectivity index (χ1) is 13.2. The molecule has 5 nitrogen and oxygen atoms in total. The number of nitrogens with one attached hydrogen (secondary N) is 2. The van der Waals surface area contributed by atoms with E-state index in [1.54, 1.807) is 0 Å². The fourth-order valence-corrected chi connectivity index (χ4v) is 4.16. The van der Waals surface area contributed by atoms with Crippen LogP contribution in [0.4, 0.5) is 11.4 Å². The fourth-order valence-electron chi connectivity index (χ4n) is 4.16. The second-order valence-electron chi connectivity index (χ2n) is 7.92. The molecular weight excluding hydrogens is 338 g/mol. The third-order valence-corrected chi connectivity index (χ3v) is 5.87. The predicted octanol–water partition coefficient (Wildman–Crippen LogP) is 3.95. The summed E-state index contributed by atoms with van der Waals surface area (Å²) in [5, 5.41) is 6.04. The Morgan fingerprint density at radius 1 is 0.926 bits per heavy atom. The molecular formula is C22H33N3O2. The number of hydrogen-bond acceptors (Lipinski definition) is 3. The first kappa shape index (κ1) is 19.7. The smallest absolute Gasteiger partial charge is 0.227 e. The maximum atomic E-state index is 12.6. The topological polar surface area (TPSA) is 61.4 Å². The quantitative estimate of drug-likeness (QED) is 0.796. The van der Waals surface area contributed by atoms with Gasteiger partial charge < -0.3 is 15.5 Å². The summed E-state index contributed by atoms with van der Waals surface area (Å²) in [5.41, 5.74) is 2.11. The monoisotopic (exact) mass is 371 g/mol. The highest BCUT2D eigenvalue weighted by molar-refractivity contribution is 5.93. The third-order valence-electron chi connectivity index (χ3n) is 5.87. The Balaban J connectivity index is 1.46. The van der Waals surface area contributed by atoms with Crippen molar-refractivity contribution in [2.24, 2.45) is 11.8 Å². The van der Waals surface area contributed by atoms with Crippen LogP contribution in [0.3, 0.4) is 0 Å². The van der Waals surface area contributed by atoms with Crippen molar-refractivity contribution in [1.82, 2.24) is 5.32 Å². The highest BCUT2D eigenvalue weighted by Gasteiger charge is 2.29. The van der Waals surface area contributed by atoms with E-state index >= 15 is 0 Å². The summed E-state index contributed by atoms with van der Waals surface area (Å²) in [6.07, 6.45) is 8.01. The molecule has 1 aliphatic heterocycles. The van der Waals surface area contributed by atoms with Gasteiger partial charge in [-0.3, -0.25) is 9.59 Å². The summed E-state index contributed by atoms with van der Waals surface area (Å²) in [6, 6.07) is 8.23. The van der Waals surface area contributed by atoms with E-state index in [0.717, 1.165) is 57.4 Å². The van der Waals surface area contributed by atoms with Gasteiger partial charge in [0.25, 0.3) is 0 Å². The average Bonchev–Trinajstić information content (AvgIpc) is 2.73. The molecule has 2 N–H and O–H groups in total. The van der Waals surface area contributed by atoms with Crippen LogP contribution in [0, 0.1) is 11.8 Å². The molecule has 2 aliphatic rings. The lowest BCUT2D eigenvalue weighted by molar-refractivity contribution is -0.128. The van der Waals surface area contributed by atoms with E-state index in [2.05, 4.69) is 34.6 Å². The highest BCUT2D eigenvalue weighted by Crippen LogP contribution is 2.30. The molecule has 0 bridgehead atoms. The van der Waals surface area contributed by atoms with Crippen molar-refractivity contribution in [2.45, 2.75) is 58.3 Å². The number of anilines is 2. The van der Waals surface area contributed by atoms with E-state index in [9.17, 15) is 9.59 Å². The van der Waals surface area contributed by atoms with E-state index in [4.69, 9.17) is 0 Å². The Bertz CT molecular complexity index is 615. The summed E-state index contributed by atoms with van der Waals surface area (Å²) >= 11 is 0. The molecule has 0 unspecified atom stereocenters. The molecule has 5 heteroatoms. The van der Waals surface area contributed by atoms with Gasteiger partial charge in [0, 0.05) is 42.8 Å². The third kappa shape index (κ3) is 5.47. The number of rotatable bonds is 6. The van der Waals surface area contributed by atoms with E-state index in [-0.39, 0.29) is 23.7 Å². The van der Waals surface area contributed by atoms with Crippen LogP contribution < -0.4 is 15.5 Å². The maximum Gasteiger partial charge on any atom is 0.227 e. The molecule has 1 saturated heterocycles. The van der Waals surface area contributed by atoms with Gasteiger partial charge in [-0.25, -0.2) is 0 Å². The zero-order valence-electron chi connectivity index (χ0n) is 16.5. The molecule has 0 aromatic heterocycles. The van der Waals surface area contributed by atoms with Gasteiger partial charge in [0.05, 0.1) is 0 Å². The number of piperidine rings is 1. The van der Waals surface area contributed by atoms with Crippen molar-refractivity contribution in [3.05, 3.63) is 24.3 Å². The second kappa shape index (κ2) is 9.77. The fraction of sp³-hybridized carbons (Fsp3) is 0.636. The SMILES string of the molecule is CCCNC(=O)C1CCC(C(=O)Nc2ccc(N3CCCCC3)cc2)CC1. The van der Waals surface area contributed by atoms with Crippen LogP contribution in [0.2, 0.25) is 0 Å². The molecule has 0 radical (unpaired) electrons. The Kier molecular flexibility index (Phi) is 7.13. The Morgan fingerprint density at radius 2 is 1.52 bits per heavy atom. The molecule has 0 spiro atoms. The summed E-state index contributed by atoms with van der Waals surface area (Å²) < 4.78 is 0. The van der Waals surface area contributed by atoms with Crippen molar-refractivity contribution < 1.29 is 9.59 Å². The van der Waals surface area contributed by atoms with Gasteiger partial charge in [-0.15, -0.1) is 0 Å². The summed E-state index contributed by atoms with van der Waals surface area (Å²) in [4.78, 5) is 27.1. The Hall–Kier alpha value is -2.04. The highest BCUT2D eigenvalue weighted by atomic mass is 16.2. The second-order valence-corrected chi connectivity index (χ2v) is 7.92. The molecule has 2 amide bonds. The van der Waals surface area contributed by atoms with Crippen LogP contribution in [0.5, 0.6) is 0 Å². The predicted molar refractivity (Wildman–Crippen MR) is 110 cm³/mol. The molecule has 1 aromatic rings. The van der Waals surface area contributed by atoms with Gasteiger partial charge in [-0.1, -0.05) is 6.92 Å². The number of nitrogens with zero attached hydrogens (tertiary/aromatic N) is 1. The van der Waals surface area contributed by atoms with Crippen molar-refractivity contribution in [1.29, 1.82) is 0 Å². The molecule has 1 saturated carbocycles. The standard InChI is InChI=1S/C22H33N3O2/c1-2-14-23-21(26)17-6-8-18(9-7-17)22(27)24-19-10-12-20(13-11-19)25-15-4-3-5-16-25/h10-13,17-18H,2-9,14-16H2,1H3,(H,23,26)(H,24,27). The summed E-state index contributed by atoms with van der Waals surface area (Å²) in [6.45, 7) is 5.05. The van der Waals surface area contributed by atoms with Crippen molar-refractivity contribution in [3.63, 3.8) is 0 Å². The largest absolute Gasteiger partial charge is 0.372 e. The average molecular weight is 372 g/mol. The molecule has 148 valence electrons. The minimum absolute atomic E-state index is 0.0157. The van der Waals surface area contributed by atoms with Crippen LogP contribution in [-0.4, -0.2) is 31.4 Å². The molecule has 1 aliphatic carbocycles. The lowest BCUT2D eigenvalue weighted by Gasteiger charge is -2.29. The lowest BCUT2D eigenvalue weighted by atomic mass is 9.81. The number of carbonyl (C=O) groups is 2. The molecule has 0 atom stereocenters. The number of benzene rings is 1. The van der Waals surface area contributed by atoms with Gasteiger partial charge in [-0.05, 0) is 75.6 Å². The molecule has 2 fully saturated rings. The summed E-state index contributed by atoms with van der Waals surface area (Å²) in [5.74, 6) is 0.337. The van der Waals surface area contributed by atoms with E-state index in [0.29, 0.717) is 0 Å². The normalized spacial score (nSPS) is 22.9. The minimum atomic E-state index is 0.0157. The Labute approximate surface area is 162 Å². The van der Waals surface area contributed by atoms with Gasteiger partial charge in [0.2, 0.25) is 11.8 Å². The number of hydrogen-bond donors (Lipinski definition) is 2. The van der Waals surface area contributed by atoms with Crippen LogP contribution in [0.25, 0.3) is 0 Å². The van der Waals surface area contributed by atoms with Gasteiger partial charge in [0.15, 0.2) is 0 Å². The van der Waals surface area contributed by atoms with Crippen LogP contribution in [0.1, 0.15) is 58.3 Å². The van der Waals surface area contributed by atoms with Crippen molar-refractivity contribution in [2.75, 3.05) is 29.9 Å². The maximum absolute atomic E-state index is 12.6. The molecule has 27 heavy (non-hydrogen) atoms. The van der Waals surface area contributed by atoms with Crippen molar-refractivity contribution in [3.8, 4) is 0 Å². The van der Waals surface area contributed by atoms with Crippen LogP contribution in [0.15, 0.2) is 24.3 Å². The van der Waals surface area contributed by atoms with E-state index in [1.165, 1.54) is 24.9 Å². The van der Waals surface area contributed by atoms with Crippen LogP contribution >= 0.6 is 0 Å². The molecule has 1 aromatic carbocycles. The van der Waals surface area contributed by atoms with Gasteiger partial charge >= 0.3 is 0 Å². The first-order valence-corrected chi connectivity index (χ1v) is 10.6. The number of carbonyl (C=O) groups excluding carboxylic acids is 2. The zero-order valence-corrected chi connectivity index (χ0v) is 16.5. The van der Waals surface area contributed by atoms with Crippen LogP contribution in [-0.2, 0) is 9.59 Å².